The van der Waals surface area contributed by atoms with Gasteiger partial charge in [0, 0.05) is 12.1 Å². The number of benzene rings is 1. The van der Waals surface area contributed by atoms with Gasteiger partial charge in [0.15, 0.2) is 5.82 Å². The molecule has 1 aromatic carbocycles. The van der Waals surface area contributed by atoms with Crippen LogP contribution in [0.3, 0.4) is 0 Å². The number of para-hydroxylation sites is 1. The predicted octanol–water partition coefficient (Wildman–Crippen LogP) is 3.09. The summed E-state index contributed by atoms with van der Waals surface area (Å²) in [5.41, 5.74) is 0.527. The molecule has 0 bridgehead atoms. The maximum Gasteiger partial charge on any atom is 0.311 e. The van der Waals surface area contributed by atoms with Gasteiger partial charge in [0.05, 0.1) is 22.9 Å². The monoisotopic (exact) mass is 352 g/mol. The fraction of sp³-hybridized carbons (Fsp3) is 0.385. The zero-order chi connectivity index (χ0) is 15.0. The zero-order valence-corrected chi connectivity index (χ0v) is 12.9. The Morgan fingerprint density at radius 1 is 1.48 bits per heavy atom. The Labute approximate surface area is 129 Å². The SMILES string of the molecule is COc1c(-c2nnc(CBr)n2C2CC2)cccc1[N+](=O)[O-]. The average molecular weight is 353 g/mol. The standard InChI is InChI=1S/C13H13BrN4O3/c1-21-12-9(3-2-4-10(12)18(19)20)13-16-15-11(7-14)17(13)8-5-6-8/h2-4,8H,5-7H2,1H3. The fourth-order valence-corrected chi connectivity index (χ4v) is 2.76. The summed E-state index contributed by atoms with van der Waals surface area (Å²) in [6.45, 7) is 0. The third kappa shape index (κ3) is 2.39. The molecule has 0 unspecified atom stereocenters. The van der Waals surface area contributed by atoms with Crippen LogP contribution in [-0.4, -0.2) is 26.8 Å². The Balaban J connectivity index is 2.19. The van der Waals surface area contributed by atoms with Gasteiger partial charge < -0.3 is 9.30 Å². The summed E-state index contributed by atoms with van der Waals surface area (Å²) in [7, 11) is 1.43. The second-order valence-electron chi connectivity index (χ2n) is 4.79. The second kappa shape index (κ2) is 5.44. The van der Waals surface area contributed by atoms with Gasteiger partial charge in [-0.3, -0.25) is 10.1 Å². The van der Waals surface area contributed by atoms with E-state index in [0.717, 1.165) is 18.7 Å². The number of hydrogen-bond acceptors (Lipinski definition) is 5. The molecule has 0 aliphatic heterocycles. The molecule has 1 fully saturated rings. The van der Waals surface area contributed by atoms with Crippen molar-refractivity contribution < 1.29 is 9.66 Å². The first-order valence-corrected chi connectivity index (χ1v) is 7.61. The highest BCUT2D eigenvalue weighted by Crippen LogP contribution is 2.43. The highest BCUT2D eigenvalue weighted by molar-refractivity contribution is 9.08. The van der Waals surface area contributed by atoms with Crippen molar-refractivity contribution in [2.75, 3.05) is 7.11 Å². The summed E-state index contributed by atoms with van der Waals surface area (Å²) in [6.07, 6.45) is 2.14. The number of nitrogens with zero attached hydrogens (tertiary/aromatic N) is 4. The first-order valence-electron chi connectivity index (χ1n) is 6.49. The minimum absolute atomic E-state index is 0.0688. The van der Waals surface area contributed by atoms with E-state index in [-0.39, 0.29) is 11.4 Å². The van der Waals surface area contributed by atoms with Crippen LogP contribution in [0, 0.1) is 10.1 Å². The number of aromatic nitrogens is 3. The molecule has 1 aromatic heterocycles. The highest BCUT2D eigenvalue weighted by atomic mass is 79.9. The molecule has 1 aliphatic rings. The van der Waals surface area contributed by atoms with E-state index in [1.54, 1.807) is 12.1 Å². The van der Waals surface area contributed by atoms with Crippen molar-refractivity contribution in [1.82, 2.24) is 14.8 Å². The minimum Gasteiger partial charge on any atom is -0.490 e. The number of nitro groups is 1. The molecule has 0 saturated heterocycles. The summed E-state index contributed by atoms with van der Waals surface area (Å²) in [4.78, 5) is 10.7. The average Bonchev–Trinajstić information content (AvgIpc) is 3.25. The molecule has 0 spiro atoms. The Kier molecular flexibility index (Phi) is 3.62. The van der Waals surface area contributed by atoms with E-state index < -0.39 is 4.92 Å². The van der Waals surface area contributed by atoms with Crippen molar-refractivity contribution in [3.05, 3.63) is 34.1 Å². The summed E-state index contributed by atoms with van der Waals surface area (Å²) < 4.78 is 7.29. The van der Waals surface area contributed by atoms with Gasteiger partial charge in [-0.1, -0.05) is 22.0 Å². The van der Waals surface area contributed by atoms with Gasteiger partial charge >= 0.3 is 5.69 Å². The second-order valence-corrected chi connectivity index (χ2v) is 5.35. The molecule has 7 nitrogen and oxygen atoms in total. The molecular formula is C13H13BrN4O3. The van der Waals surface area contributed by atoms with Gasteiger partial charge in [-0.05, 0) is 18.9 Å². The lowest BCUT2D eigenvalue weighted by Crippen LogP contribution is -2.03. The Bertz CT molecular complexity index is 697. The van der Waals surface area contributed by atoms with Gasteiger partial charge in [-0.2, -0.15) is 0 Å². The lowest BCUT2D eigenvalue weighted by Gasteiger charge is -2.11. The van der Waals surface area contributed by atoms with Crippen LogP contribution in [0.15, 0.2) is 18.2 Å². The topological polar surface area (TPSA) is 83.1 Å². The van der Waals surface area contributed by atoms with Crippen molar-refractivity contribution in [1.29, 1.82) is 0 Å². The first kappa shape index (κ1) is 14.0. The van der Waals surface area contributed by atoms with Crippen molar-refractivity contribution >= 4 is 21.6 Å². The van der Waals surface area contributed by atoms with E-state index in [0.29, 0.717) is 22.8 Å². The number of nitro benzene ring substituents is 1. The van der Waals surface area contributed by atoms with Crippen LogP contribution < -0.4 is 4.74 Å². The van der Waals surface area contributed by atoms with Gasteiger partial charge in [-0.25, -0.2) is 0 Å². The van der Waals surface area contributed by atoms with Crippen molar-refractivity contribution in [3.63, 3.8) is 0 Å². The molecule has 0 amide bonds. The molecule has 1 heterocycles. The quantitative estimate of drug-likeness (QED) is 0.469. The molecule has 0 atom stereocenters. The fourth-order valence-electron chi connectivity index (χ4n) is 2.37. The molecule has 21 heavy (non-hydrogen) atoms. The first-order chi connectivity index (χ1) is 10.2. The maximum absolute atomic E-state index is 11.1. The Morgan fingerprint density at radius 2 is 2.24 bits per heavy atom. The summed E-state index contributed by atoms with van der Waals surface area (Å²) in [5.74, 6) is 1.66. The van der Waals surface area contributed by atoms with Crippen LogP contribution in [0.25, 0.3) is 11.4 Å². The molecule has 1 aliphatic carbocycles. The minimum atomic E-state index is -0.453. The van der Waals surface area contributed by atoms with Crippen LogP contribution in [0.1, 0.15) is 24.7 Å². The van der Waals surface area contributed by atoms with Gasteiger partial charge in [0.1, 0.15) is 5.82 Å². The lowest BCUT2D eigenvalue weighted by atomic mass is 10.1. The zero-order valence-electron chi connectivity index (χ0n) is 11.3. The molecule has 0 N–H and O–H groups in total. The largest absolute Gasteiger partial charge is 0.490 e. The number of rotatable bonds is 5. The number of hydrogen-bond donors (Lipinski definition) is 0. The molecule has 110 valence electrons. The molecule has 0 radical (unpaired) electrons. The van der Waals surface area contributed by atoms with E-state index in [4.69, 9.17) is 4.74 Å². The van der Waals surface area contributed by atoms with Crippen LogP contribution in [0.2, 0.25) is 0 Å². The Morgan fingerprint density at radius 3 is 2.81 bits per heavy atom. The van der Waals surface area contributed by atoms with Gasteiger partial charge in [-0.15, -0.1) is 10.2 Å². The normalized spacial score (nSPS) is 14.2. The predicted molar refractivity (Wildman–Crippen MR) is 79.6 cm³/mol. The van der Waals surface area contributed by atoms with Crippen molar-refractivity contribution in [2.45, 2.75) is 24.2 Å². The third-order valence-electron chi connectivity index (χ3n) is 3.43. The van der Waals surface area contributed by atoms with E-state index in [1.165, 1.54) is 13.2 Å². The summed E-state index contributed by atoms with van der Waals surface area (Å²) >= 11 is 3.40. The van der Waals surface area contributed by atoms with E-state index in [2.05, 4.69) is 26.1 Å². The van der Waals surface area contributed by atoms with Crippen molar-refractivity contribution in [2.24, 2.45) is 0 Å². The molecule has 1 saturated carbocycles. The number of methoxy groups -OCH3 is 1. The summed E-state index contributed by atoms with van der Waals surface area (Å²) in [5, 5.41) is 20.1. The lowest BCUT2D eigenvalue weighted by molar-refractivity contribution is -0.385. The van der Waals surface area contributed by atoms with Crippen LogP contribution in [0.4, 0.5) is 5.69 Å². The number of halogens is 1. The maximum atomic E-state index is 11.1. The van der Waals surface area contributed by atoms with Crippen LogP contribution >= 0.6 is 15.9 Å². The molecular weight excluding hydrogens is 340 g/mol. The molecule has 2 aromatic rings. The van der Waals surface area contributed by atoms with Crippen molar-refractivity contribution in [3.8, 4) is 17.1 Å². The van der Waals surface area contributed by atoms with E-state index >= 15 is 0 Å². The van der Waals surface area contributed by atoms with E-state index in [1.807, 2.05) is 4.57 Å². The smallest absolute Gasteiger partial charge is 0.311 e. The summed E-state index contributed by atoms with van der Waals surface area (Å²) in [6, 6.07) is 5.19. The highest BCUT2D eigenvalue weighted by Gasteiger charge is 2.31. The molecule has 8 heteroatoms. The van der Waals surface area contributed by atoms with Gasteiger partial charge in [0.2, 0.25) is 5.75 Å². The van der Waals surface area contributed by atoms with Crippen LogP contribution in [0.5, 0.6) is 5.75 Å². The molecule has 3 rings (SSSR count). The Hall–Kier alpha value is -1.96. The third-order valence-corrected chi connectivity index (χ3v) is 3.94. The number of alkyl halides is 1. The van der Waals surface area contributed by atoms with Gasteiger partial charge in [0.25, 0.3) is 0 Å². The van der Waals surface area contributed by atoms with Crippen LogP contribution in [-0.2, 0) is 5.33 Å². The number of ether oxygens (including phenoxy) is 1. The van der Waals surface area contributed by atoms with E-state index in [9.17, 15) is 10.1 Å².